The van der Waals surface area contributed by atoms with Gasteiger partial charge < -0.3 is 9.47 Å². The van der Waals surface area contributed by atoms with Crippen LogP contribution < -0.4 is 0 Å². The summed E-state index contributed by atoms with van der Waals surface area (Å²) in [5.74, 6) is 2.75. The van der Waals surface area contributed by atoms with Crippen molar-refractivity contribution < 1.29 is 14.3 Å². The van der Waals surface area contributed by atoms with E-state index in [2.05, 4.69) is 23.7 Å². The normalized spacial score (nSPS) is 26.7. The second kappa shape index (κ2) is 3.48. The smallest absolute Gasteiger partial charge is 0.414 e. The minimum Gasteiger partial charge on any atom is -0.414 e. The van der Waals surface area contributed by atoms with E-state index in [9.17, 15) is 4.79 Å². The number of cyclic esters (lactones) is 2. The number of hydrogen-bond acceptors (Lipinski definition) is 3. The van der Waals surface area contributed by atoms with Crippen molar-refractivity contribution in [3.63, 3.8) is 0 Å². The summed E-state index contributed by atoms with van der Waals surface area (Å²) in [6, 6.07) is 0. The van der Waals surface area contributed by atoms with Gasteiger partial charge in [0.1, 0.15) is 6.11 Å². The molecule has 1 unspecified atom stereocenters. The Bertz CT molecular complexity index is 236. The van der Waals surface area contributed by atoms with Gasteiger partial charge in [-0.25, -0.2) is 4.79 Å². The fourth-order valence-corrected chi connectivity index (χ4v) is 1.03. The molecule has 1 aliphatic rings. The Labute approximate surface area is 72.0 Å². The van der Waals surface area contributed by atoms with Gasteiger partial charge in [-0.15, -0.1) is 0 Å². The van der Waals surface area contributed by atoms with E-state index in [1.807, 2.05) is 0 Å². The number of ether oxygens (including phenoxy) is 2. The summed E-state index contributed by atoms with van der Waals surface area (Å²) in [5.41, 5.74) is -0.634. The molecule has 66 valence electrons. The van der Waals surface area contributed by atoms with Gasteiger partial charge in [0.25, 0.3) is 0 Å². The third kappa shape index (κ3) is 2.16. The molecule has 1 atom stereocenters. The van der Waals surface area contributed by atoms with Crippen molar-refractivity contribution in [2.75, 3.05) is 0 Å². The third-order valence-electron chi connectivity index (χ3n) is 1.77. The molecular weight excluding hydrogens is 156 g/mol. The molecule has 0 saturated carbocycles. The maximum absolute atomic E-state index is 10.7. The molecule has 1 heterocycles. The highest BCUT2D eigenvalue weighted by Crippen LogP contribution is 2.20. The maximum Gasteiger partial charge on any atom is 0.524 e. The van der Waals surface area contributed by atoms with Crippen LogP contribution in [0.2, 0.25) is 0 Å². The first-order valence-electron chi connectivity index (χ1n) is 4.08. The predicted octanol–water partition coefficient (Wildman–Crippen LogP) is 2.06. The van der Waals surface area contributed by atoms with Crippen LogP contribution in [0.4, 0.5) is 4.79 Å². The van der Waals surface area contributed by atoms with Gasteiger partial charge in [0.2, 0.25) is 0 Å². The fraction of sp³-hybridized carbons (Fsp3) is 0.667. The van der Waals surface area contributed by atoms with E-state index in [4.69, 9.17) is 4.74 Å². The van der Waals surface area contributed by atoms with Crippen LogP contribution in [0.3, 0.4) is 0 Å². The number of carbonyl (C=O) groups excluding carboxylic acids is 1. The standard InChI is InChI=1S/C9H12O3/c1-3-4-5-9(2)6-7-11-8(10)12-9/h3-5H2,1-2H3. The molecular formula is C9H12O3. The number of hydrogen-bond donors (Lipinski definition) is 0. The van der Waals surface area contributed by atoms with Gasteiger partial charge in [0.05, 0.1) is 0 Å². The van der Waals surface area contributed by atoms with Crippen LogP contribution in [0.25, 0.3) is 0 Å². The zero-order valence-corrected chi connectivity index (χ0v) is 7.35. The van der Waals surface area contributed by atoms with Gasteiger partial charge in [-0.3, -0.25) is 0 Å². The van der Waals surface area contributed by atoms with E-state index in [-0.39, 0.29) is 0 Å². The van der Waals surface area contributed by atoms with E-state index in [1.165, 1.54) is 0 Å². The van der Waals surface area contributed by atoms with E-state index >= 15 is 0 Å². The minimum atomic E-state index is -0.688. The maximum atomic E-state index is 10.7. The van der Waals surface area contributed by atoms with Crippen molar-refractivity contribution in [3.05, 3.63) is 0 Å². The molecule has 0 aromatic carbocycles. The molecule has 0 fully saturated rings. The van der Waals surface area contributed by atoms with E-state index < -0.39 is 11.8 Å². The van der Waals surface area contributed by atoms with E-state index in [0.29, 0.717) is 0 Å². The average molecular weight is 168 g/mol. The highest BCUT2D eigenvalue weighted by atomic mass is 16.7. The molecule has 0 bridgehead atoms. The first-order valence-corrected chi connectivity index (χ1v) is 4.08. The highest BCUT2D eigenvalue weighted by molar-refractivity contribution is 5.64. The third-order valence-corrected chi connectivity index (χ3v) is 1.77. The lowest BCUT2D eigenvalue weighted by atomic mass is 10.00. The lowest BCUT2D eigenvalue weighted by molar-refractivity contribution is 0.0104. The van der Waals surface area contributed by atoms with Crippen molar-refractivity contribution >= 4 is 6.16 Å². The zero-order valence-electron chi connectivity index (χ0n) is 7.35. The molecule has 0 saturated heterocycles. The van der Waals surface area contributed by atoms with Gasteiger partial charge in [-0.05, 0) is 25.7 Å². The van der Waals surface area contributed by atoms with E-state index in [1.54, 1.807) is 6.92 Å². The first-order chi connectivity index (χ1) is 5.66. The van der Waals surface area contributed by atoms with Gasteiger partial charge in [-0.2, -0.15) is 0 Å². The van der Waals surface area contributed by atoms with Crippen LogP contribution in [0, 0.1) is 12.0 Å². The summed E-state index contributed by atoms with van der Waals surface area (Å²) in [5, 5.41) is 0. The second-order valence-corrected chi connectivity index (χ2v) is 3.02. The number of unbranched alkanes of at least 4 members (excludes halogenated alkanes) is 1. The lowest BCUT2D eigenvalue weighted by Crippen LogP contribution is -2.32. The molecule has 3 heteroatoms. The summed E-state index contributed by atoms with van der Waals surface area (Å²) >= 11 is 0. The Kier molecular flexibility index (Phi) is 2.59. The number of carbonyl (C=O) groups is 1. The molecule has 0 aliphatic carbocycles. The fourth-order valence-electron chi connectivity index (χ4n) is 1.03. The highest BCUT2D eigenvalue weighted by Gasteiger charge is 2.29. The Morgan fingerprint density at radius 2 is 2.33 bits per heavy atom. The van der Waals surface area contributed by atoms with Crippen LogP contribution in [0.1, 0.15) is 33.1 Å². The predicted molar refractivity (Wildman–Crippen MR) is 43.3 cm³/mol. The van der Waals surface area contributed by atoms with Crippen LogP contribution in [0.5, 0.6) is 0 Å². The molecule has 0 N–H and O–H groups in total. The lowest BCUT2D eigenvalue weighted by Gasteiger charge is -2.24. The van der Waals surface area contributed by atoms with Gasteiger partial charge in [-0.1, -0.05) is 13.3 Å². The molecule has 0 aromatic heterocycles. The Hall–Kier alpha value is -1.17. The monoisotopic (exact) mass is 168 g/mol. The molecule has 0 spiro atoms. The molecule has 0 aromatic rings. The van der Waals surface area contributed by atoms with Gasteiger partial charge in [0.15, 0.2) is 5.60 Å². The van der Waals surface area contributed by atoms with Crippen molar-refractivity contribution in [2.45, 2.75) is 38.7 Å². The largest absolute Gasteiger partial charge is 0.524 e. The Balaban J connectivity index is 2.56. The topological polar surface area (TPSA) is 35.5 Å². The van der Waals surface area contributed by atoms with Gasteiger partial charge >= 0.3 is 6.16 Å². The van der Waals surface area contributed by atoms with Crippen molar-refractivity contribution in [1.29, 1.82) is 0 Å². The summed E-state index contributed by atoms with van der Waals surface area (Å²) < 4.78 is 9.27. The molecule has 0 amide bonds. The number of rotatable bonds is 3. The van der Waals surface area contributed by atoms with Crippen molar-refractivity contribution in [3.8, 4) is 12.0 Å². The summed E-state index contributed by atoms with van der Waals surface area (Å²) in [6.45, 7) is 3.88. The van der Waals surface area contributed by atoms with Crippen LogP contribution >= 0.6 is 0 Å². The SMILES string of the molecule is CCCCC1(C)C#COC(=O)O1. The van der Waals surface area contributed by atoms with Crippen LogP contribution in [-0.4, -0.2) is 11.8 Å². The van der Waals surface area contributed by atoms with Crippen molar-refractivity contribution in [2.24, 2.45) is 0 Å². The van der Waals surface area contributed by atoms with E-state index in [0.717, 1.165) is 19.3 Å². The Morgan fingerprint density at radius 1 is 1.58 bits per heavy atom. The minimum absolute atomic E-state index is 0.634. The van der Waals surface area contributed by atoms with Crippen LogP contribution in [0.15, 0.2) is 0 Å². The first kappa shape index (κ1) is 8.92. The van der Waals surface area contributed by atoms with Crippen molar-refractivity contribution in [1.82, 2.24) is 0 Å². The molecule has 1 rings (SSSR count). The summed E-state index contributed by atoms with van der Waals surface area (Å²) in [7, 11) is 0. The quantitative estimate of drug-likeness (QED) is 0.478. The average Bonchev–Trinajstić information content (AvgIpc) is 2.01. The molecule has 0 radical (unpaired) electrons. The second-order valence-electron chi connectivity index (χ2n) is 3.02. The Morgan fingerprint density at radius 3 is 2.92 bits per heavy atom. The summed E-state index contributed by atoms with van der Waals surface area (Å²) in [4.78, 5) is 10.7. The molecule has 3 nitrogen and oxygen atoms in total. The van der Waals surface area contributed by atoms with Crippen LogP contribution in [-0.2, 0) is 9.47 Å². The molecule has 12 heavy (non-hydrogen) atoms. The summed E-state index contributed by atoms with van der Waals surface area (Å²) in [6.07, 6.45) is 4.45. The molecule has 1 aliphatic heterocycles. The van der Waals surface area contributed by atoms with Gasteiger partial charge in [0, 0.05) is 0 Å². The zero-order chi connectivity index (χ0) is 9.03.